The number of halogens is 1. The standard InChI is InChI=1S/C21H25BrN2O5S/c1-28-19-11-6-15(13-20(19)29-2)14-24(18-5-3-4-12-23-21(18)25)30(26,27)17-9-7-16(22)8-10-17/h6-11,13,18H,3-5,12,14H2,1-2H3,(H,23,25). The van der Waals surface area contributed by atoms with Crippen LogP contribution in [0.4, 0.5) is 0 Å². The highest BCUT2D eigenvalue weighted by Gasteiger charge is 2.36. The van der Waals surface area contributed by atoms with Crippen molar-refractivity contribution in [2.45, 2.75) is 36.7 Å². The Morgan fingerprint density at radius 3 is 2.43 bits per heavy atom. The summed E-state index contributed by atoms with van der Waals surface area (Å²) in [7, 11) is -0.857. The molecule has 9 heteroatoms. The molecular weight excluding hydrogens is 472 g/mol. The monoisotopic (exact) mass is 496 g/mol. The van der Waals surface area contributed by atoms with Gasteiger partial charge in [-0.3, -0.25) is 4.79 Å². The lowest BCUT2D eigenvalue weighted by Crippen LogP contribution is -2.48. The van der Waals surface area contributed by atoms with E-state index < -0.39 is 16.1 Å². The highest BCUT2D eigenvalue weighted by atomic mass is 79.9. The van der Waals surface area contributed by atoms with Crippen LogP contribution in [0.3, 0.4) is 0 Å². The molecule has 1 unspecified atom stereocenters. The summed E-state index contributed by atoms with van der Waals surface area (Å²) in [5, 5.41) is 2.84. The van der Waals surface area contributed by atoms with Gasteiger partial charge in [0.2, 0.25) is 15.9 Å². The SMILES string of the molecule is COc1ccc(CN(C2CCCCNC2=O)S(=O)(=O)c2ccc(Br)cc2)cc1OC. The number of ether oxygens (including phenoxy) is 2. The molecule has 2 aromatic rings. The molecule has 0 bridgehead atoms. The molecular formula is C21H25BrN2O5S. The summed E-state index contributed by atoms with van der Waals surface area (Å²) in [6.07, 6.45) is 2.06. The molecule has 0 aliphatic carbocycles. The Bertz CT molecular complexity index is 995. The van der Waals surface area contributed by atoms with E-state index in [-0.39, 0.29) is 17.3 Å². The van der Waals surface area contributed by atoms with Crippen molar-refractivity contribution >= 4 is 31.9 Å². The van der Waals surface area contributed by atoms with E-state index in [0.29, 0.717) is 30.0 Å². The molecule has 7 nitrogen and oxygen atoms in total. The molecule has 1 N–H and O–H groups in total. The van der Waals surface area contributed by atoms with E-state index in [0.717, 1.165) is 17.3 Å². The molecule has 1 atom stereocenters. The van der Waals surface area contributed by atoms with Gasteiger partial charge in [-0.05, 0) is 61.2 Å². The van der Waals surface area contributed by atoms with Gasteiger partial charge >= 0.3 is 0 Å². The van der Waals surface area contributed by atoms with Gasteiger partial charge in [0.25, 0.3) is 0 Å². The number of amides is 1. The number of hydrogen-bond acceptors (Lipinski definition) is 5. The van der Waals surface area contributed by atoms with Crippen molar-refractivity contribution in [3.63, 3.8) is 0 Å². The summed E-state index contributed by atoms with van der Waals surface area (Å²) in [6.45, 7) is 0.592. The molecule has 1 amide bonds. The van der Waals surface area contributed by atoms with Crippen molar-refractivity contribution in [3.8, 4) is 11.5 Å². The van der Waals surface area contributed by atoms with Crippen LogP contribution in [0.1, 0.15) is 24.8 Å². The number of nitrogens with one attached hydrogen (secondary N) is 1. The average Bonchev–Trinajstić information content (AvgIpc) is 2.96. The molecule has 162 valence electrons. The fourth-order valence-electron chi connectivity index (χ4n) is 3.46. The zero-order valence-corrected chi connectivity index (χ0v) is 19.3. The minimum atomic E-state index is -3.92. The molecule has 0 radical (unpaired) electrons. The van der Waals surface area contributed by atoms with Crippen molar-refractivity contribution < 1.29 is 22.7 Å². The normalized spacial score (nSPS) is 17.3. The van der Waals surface area contributed by atoms with Gasteiger partial charge in [-0.2, -0.15) is 4.31 Å². The van der Waals surface area contributed by atoms with Crippen molar-refractivity contribution in [2.75, 3.05) is 20.8 Å². The predicted octanol–water partition coefficient (Wildman–Crippen LogP) is 3.33. The van der Waals surface area contributed by atoms with Crippen molar-refractivity contribution in [1.82, 2.24) is 9.62 Å². The van der Waals surface area contributed by atoms with Gasteiger partial charge < -0.3 is 14.8 Å². The Hall–Kier alpha value is -2.10. The van der Waals surface area contributed by atoms with Gasteiger partial charge in [-0.25, -0.2) is 8.42 Å². The highest BCUT2D eigenvalue weighted by molar-refractivity contribution is 9.10. The van der Waals surface area contributed by atoms with Gasteiger partial charge in [0.05, 0.1) is 19.1 Å². The zero-order valence-electron chi connectivity index (χ0n) is 16.9. The molecule has 1 aliphatic heterocycles. The third-order valence-electron chi connectivity index (χ3n) is 5.06. The van der Waals surface area contributed by atoms with E-state index in [1.54, 1.807) is 30.3 Å². The number of sulfonamides is 1. The van der Waals surface area contributed by atoms with Crippen LogP contribution in [0.5, 0.6) is 11.5 Å². The van der Waals surface area contributed by atoms with E-state index in [1.807, 2.05) is 0 Å². The van der Waals surface area contributed by atoms with E-state index in [4.69, 9.17) is 9.47 Å². The molecule has 0 saturated carbocycles. The lowest BCUT2D eigenvalue weighted by Gasteiger charge is -2.29. The maximum absolute atomic E-state index is 13.6. The number of benzene rings is 2. The molecule has 1 fully saturated rings. The number of carbonyl (C=O) groups is 1. The van der Waals surface area contributed by atoms with Gasteiger partial charge in [0, 0.05) is 17.6 Å². The number of carbonyl (C=O) groups excluding carboxylic acids is 1. The predicted molar refractivity (Wildman–Crippen MR) is 117 cm³/mol. The van der Waals surface area contributed by atoms with E-state index >= 15 is 0 Å². The first kappa shape index (κ1) is 22.6. The number of rotatable bonds is 7. The van der Waals surface area contributed by atoms with Crippen molar-refractivity contribution in [2.24, 2.45) is 0 Å². The first-order chi connectivity index (χ1) is 14.4. The largest absolute Gasteiger partial charge is 0.493 e. The molecule has 3 rings (SSSR count). The molecule has 2 aromatic carbocycles. The van der Waals surface area contributed by atoms with E-state index in [9.17, 15) is 13.2 Å². The second kappa shape index (κ2) is 9.80. The van der Waals surface area contributed by atoms with Crippen LogP contribution in [0, 0.1) is 0 Å². The van der Waals surface area contributed by atoms with Gasteiger partial charge in [-0.15, -0.1) is 0 Å². The second-order valence-corrected chi connectivity index (χ2v) is 9.80. The molecule has 1 saturated heterocycles. The number of nitrogens with zero attached hydrogens (tertiary/aromatic N) is 1. The Morgan fingerprint density at radius 2 is 1.77 bits per heavy atom. The van der Waals surface area contributed by atoms with E-state index in [1.165, 1.54) is 30.7 Å². The topological polar surface area (TPSA) is 84.9 Å². The first-order valence-electron chi connectivity index (χ1n) is 9.63. The van der Waals surface area contributed by atoms with Crippen LogP contribution in [0.2, 0.25) is 0 Å². The fraction of sp³-hybridized carbons (Fsp3) is 0.381. The summed E-state index contributed by atoms with van der Waals surface area (Å²) in [5.74, 6) is 0.783. The number of hydrogen-bond donors (Lipinski definition) is 1. The Kier molecular flexibility index (Phi) is 7.38. The van der Waals surface area contributed by atoms with Crippen LogP contribution in [0.25, 0.3) is 0 Å². The quantitative estimate of drug-likeness (QED) is 0.635. The highest BCUT2D eigenvalue weighted by Crippen LogP contribution is 2.31. The van der Waals surface area contributed by atoms with Gasteiger partial charge in [0.1, 0.15) is 6.04 Å². The Balaban J connectivity index is 2.03. The summed E-state index contributed by atoms with van der Waals surface area (Å²) in [6, 6.07) is 10.9. The summed E-state index contributed by atoms with van der Waals surface area (Å²) >= 11 is 3.33. The van der Waals surface area contributed by atoms with Crippen LogP contribution >= 0.6 is 15.9 Å². The van der Waals surface area contributed by atoms with Gasteiger partial charge in [0.15, 0.2) is 11.5 Å². The lowest BCUT2D eigenvalue weighted by atomic mass is 10.1. The molecule has 1 aliphatic rings. The molecule has 30 heavy (non-hydrogen) atoms. The van der Waals surface area contributed by atoms with Crippen LogP contribution in [-0.4, -0.2) is 45.4 Å². The summed E-state index contributed by atoms with van der Waals surface area (Å²) in [5.41, 5.74) is 0.699. The summed E-state index contributed by atoms with van der Waals surface area (Å²) < 4.78 is 39.8. The second-order valence-electron chi connectivity index (χ2n) is 7.00. The molecule has 0 aromatic heterocycles. The Morgan fingerprint density at radius 1 is 1.07 bits per heavy atom. The van der Waals surface area contributed by atoms with E-state index in [2.05, 4.69) is 21.2 Å². The zero-order chi connectivity index (χ0) is 21.7. The summed E-state index contributed by atoms with van der Waals surface area (Å²) in [4.78, 5) is 12.9. The number of methoxy groups -OCH3 is 2. The van der Waals surface area contributed by atoms with Crippen molar-refractivity contribution in [1.29, 1.82) is 0 Å². The molecule has 0 spiro atoms. The minimum absolute atomic E-state index is 0.0385. The van der Waals surface area contributed by atoms with Crippen LogP contribution in [0.15, 0.2) is 51.8 Å². The average molecular weight is 497 g/mol. The molecule has 1 heterocycles. The first-order valence-corrected chi connectivity index (χ1v) is 11.9. The van der Waals surface area contributed by atoms with Crippen LogP contribution < -0.4 is 14.8 Å². The van der Waals surface area contributed by atoms with Gasteiger partial charge in [-0.1, -0.05) is 22.0 Å². The maximum atomic E-state index is 13.6. The fourth-order valence-corrected chi connectivity index (χ4v) is 5.33. The maximum Gasteiger partial charge on any atom is 0.244 e. The smallest absolute Gasteiger partial charge is 0.244 e. The minimum Gasteiger partial charge on any atom is -0.493 e. The van der Waals surface area contributed by atoms with Crippen molar-refractivity contribution in [3.05, 3.63) is 52.5 Å². The Labute approximate surface area is 185 Å². The third-order valence-corrected chi connectivity index (χ3v) is 7.46. The third kappa shape index (κ3) is 4.96. The lowest BCUT2D eigenvalue weighted by molar-refractivity contribution is -0.124. The van der Waals surface area contributed by atoms with Crippen LogP contribution in [-0.2, 0) is 21.4 Å².